The minimum absolute atomic E-state index is 0.117. The second-order valence-corrected chi connectivity index (χ2v) is 7.95. The van der Waals surface area contributed by atoms with E-state index in [9.17, 15) is 5.11 Å². The van der Waals surface area contributed by atoms with Crippen molar-refractivity contribution in [3.8, 4) is 0 Å². The minimum Gasteiger partial charge on any atom is -0.393 e. The van der Waals surface area contributed by atoms with Crippen LogP contribution in [0.5, 0.6) is 0 Å². The van der Waals surface area contributed by atoms with Crippen molar-refractivity contribution < 1.29 is 5.11 Å². The number of aromatic nitrogens is 2. The Labute approximate surface area is 141 Å². The number of rotatable bonds is 3. The number of fused-ring (bicyclic) bond motifs is 1. The molecule has 0 amide bonds. The number of hydrogen-bond donors (Lipinski definition) is 2. The van der Waals surface area contributed by atoms with Crippen molar-refractivity contribution in [3.05, 3.63) is 16.3 Å². The highest BCUT2D eigenvalue weighted by Gasteiger charge is 2.28. The van der Waals surface area contributed by atoms with E-state index >= 15 is 0 Å². The molecule has 0 bridgehead atoms. The van der Waals surface area contributed by atoms with E-state index in [2.05, 4.69) is 30.7 Å². The van der Waals surface area contributed by atoms with Gasteiger partial charge in [-0.15, -0.1) is 11.3 Å². The van der Waals surface area contributed by atoms with Gasteiger partial charge in [-0.3, -0.25) is 4.90 Å². The lowest BCUT2D eigenvalue weighted by molar-refractivity contribution is 0.0455. The van der Waals surface area contributed by atoms with Gasteiger partial charge in [0.15, 0.2) is 0 Å². The molecule has 23 heavy (non-hydrogen) atoms. The van der Waals surface area contributed by atoms with E-state index in [4.69, 9.17) is 10.7 Å². The molecule has 3 unspecified atom stereocenters. The first-order chi connectivity index (χ1) is 10.9. The van der Waals surface area contributed by atoms with Crippen LogP contribution in [0.3, 0.4) is 0 Å². The molecule has 1 aliphatic rings. The van der Waals surface area contributed by atoms with Crippen LogP contribution in [0.1, 0.15) is 49.0 Å². The van der Waals surface area contributed by atoms with Gasteiger partial charge in [0.2, 0.25) is 0 Å². The smallest absolute Gasteiger partial charge is 0.149 e. The van der Waals surface area contributed by atoms with Crippen LogP contribution in [0.25, 0.3) is 10.2 Å². The quantitative estimate of drug-likeness (QED) is 0.902. The molecule has 1 fully saturated rings. The lowest BCUT2D eigenvalue weighted by Crippen LogP contribution is -2.41. The Kier molecular flexibility index (Phi) is 4.58. The number of nitrogens with zero attached hydrogens (tertiary/aromatic N) is 3. The fourth-order valence-corrected chi connectivity index (χ4v) is 4.48. The van der Waals surface area contributed by atoms with Crippen molar-refractivity contribution >= 4 is 27.4 Å². The molecule has 3 rings (SSSR count). The summed E-state index contributed by atoms with van der Waals surface area (Å²) in [5.74, 6) is 1.71. The molecule has 3 N–H and O–H groups in total. The summed E-state index contributed by atoms with van der Waals surface area (Å²) in [4.78, 5) is 14.0. The molecular formula is C17H26N4OS. The van der Waals surface area contributed by atoms with Gasteiger partial charge in [-0.25, -0.2) is 9.97 Å². The SMILES string of the molecule is Cc1sc2nc(C(C)N3CCCC(C(C)O)C3)nc(N)c2c1C. The number of piperidine rings is 1. The molecule has 5 nitrogen and oxygen atoms in total. The first kappa shape index (κ1) is 16.6. The Hall–Kier alpha value is -1.24. The zero-order chi connectivity index (χ0) is 16.7. The van der Waals surface area contributed by atoms with Gasteiger partial charge in [-0.1, -0.05) is 0 Å². The maximum atomic E-state index is 9.89. The molecule has 0 spiro atoms. The highest BCUT2D eigenvalue weighted by molar-refractivity contribution is 7.18. The van der Waals surface area contributed by atoms with E-state index in [1.54, 1.807) is 11.3 Å². The highest BCUT2D eigenvalue weighted by atomic mass is 32.1. The monoisotopic (exact) mass is 334 g/mol. The van der Waals surface area contributed by atoms with Crippen molar-refractivity contribution in [2.45, 2.75) is 52.7 Å². The Morgan fingerprint density at radius 2 is 2.04 bits per heavy atom. The number of nitrogens with two attached hydrogens (primary N) is 1. The van der Waals surface area contributed by atoms with Crippen molar-refractivity contribution in [1.82, 2.24) is 14.9 Å². The predicted molar refractivity (Wildman–Crippen MR) is 95.7 cm³/mol. The number of aryl methyl sites for hydroxylation is 2. The molecule has 2 aromatic rings. The number of aliphatic hydroxyl groups excluding tert-OH is 1. The number of thiophene rings is 1. The lowest BCUT2D eigenvalue weighted by atomic mass is 9.92. The number of hydrogen-bond acceptors (Lipinski definition) is 6. The van der Waals surface area contributed by atoms with Crippen molar-refractivity contribution in [3.63, 3.8) is 0 Å². The van der Waals surface area contributed by atoms with E-state index in [0.29, 0.717) is 11.7 Å². The van der Waals surface area contributed by atoms with Crippen LogP contribution in [0.4, 0.5) is 5.82 Å². The highest BCUT2D eigenvalue weighted by Crippen LogP contribution is 2.34. The Bertz CT molecular complexity index is 712. The molecule has 0 radical (unpaired) electrons. The average molecular weight is 334 g/mol. The third kappa shape index (κ3) is 3.07. The Morgan fingerprint density at radius 1 is 1.30 bits per heavy atom. The molecule has 0 aliphatic carbocycles. The van der Waals surface area contributed by atoms with Crippen LogP contribution in [0.15, 0.2) is 0 Å². The molecule has 126 valence electrons. The molecule has 6 heteroatoms. The summed E-state index contributed by atoms with van der Waals surface area (Å²) in [7, 11) is 0. The summed E-state index contributed by atoms with van der Waals surface area (Å²) in [5.41, 5.74) is 7.40. The first-order valence-corrected chi connectivity index (χ1v) is 9.15. The van der Waals surface area contributed by atoms with Gasteiger partial charge >= 0.3 is 0 Å². The van der Waals surface area contributed by atoms with Crippen molar-refractivity contribution in [2.75, 3.05) is 18.8 Å². The predicted octanol–water partition coefficient (Wildman–Crippen LogP) is 3.04. The number of likely N-dealkylation sites (tertiary alicyclic amines) is 1. The summed E-state index contributed by atoms with van der Waals surface area (Å²) in [6.45, 7) is 10.1. The zero-order valence-electron chi connectivity index (χ0n) is 14.3. The maximum Gasteiger partial charge on any atom is 0.149 e. The summed E-state index contributed by atoms with van der Waals surface area (Å²) < 4.78 is 0. The molecule has 0 aromatic carbocycles. The Balaban J connectivity index is 1.90. The summed E-state index contributed by atoms with van der Waals surface area (Å²) in [5, 5.41) is 10.9. The van der Waals surface area contributed by atoms with E-state index < -0.39 is 0 Å². The number of aliphatic hydroxyl groups is 1. The Morgan fingerprint density at radius 3 is 2.74 bits per heavy atom. The summed E-state index contributed by atoms with van der Waals surface area (Å²) >= 11 is 1.69. The molecular weight excluding hydrogens is 308 g/mol. The van der Waals surface area contributed by atoms with Gasteiger partial charge < -0.3 is 10.8 Å². The second kappa shape index (κ2) is 6.34. The van der Waals surface area contributed by atoms with E-state index in [0.717, 1.165) is 42.0 Å². The molecule has 3 atom stereocenters. The average Bonchev–Trinajstić information content (AvgIpc) is 2.81. The van der Waals surface area contributed by atoms with Crippen LogP contribution >= 0.6 is 11.3 Å². The van der Waals surface area contributed by atoms with Gasteiger partial charge in [0, 0.05) is 11.4 Å². The first-order valence-electron chi connectivity index (χ1n) is 8.33. The van der Waals surface area contributed by atoms with Gasteiger partial charge in [-0.2, -0.15) is 0 Å². The van der Waals surface area contributed by atoms with Crippen LogP contribution in [0, 0.1) is 19.8 Å². The number of anilines is 1. The maximum absolute atomic E-state index is 9.89. The summed E-state index contributed by atoms with van der Waals surface area (Å²) in [6.07, 6.45) is 1.93. The van der Waals surface area contributed by atoms with Crippen LogP contribution in [-0.4, -0.2) is 39.2 Å². The molecule has 1 saturated heterocycles. The van der Waals surface area contributed by atoms with Gasteiger partial charge in [-0.05, 0) is 58.6 Å². The molecule has 3 heterocycles. The third-order valence-corrected chi connectivity index (χ3v) is 6.27. The zero-order valence-corrected chi connectivity index (χ0v) is 15.2. The molecule has 0 saturated carbocycles. The molecule has 2 aromatic heterocycles. The van der Waals surface area contributed by atoms with Crippen LogP contribution < -0.4 is 5.73 Å². The standard InChI is InChI=1S/C17H26N4OS/c1-9-12(4)23-17-14(9)15(18)19-16(20-17)10(2)21-7-5-6-13(8-21)11(3)22/h10-11,13,22H,5-8H2,1-4H3,(H2,18,19,20). The fourth-order valence-electron chi connectivity index (χ4n) is 3.43. The number of nitrogen functional groups attached to an aromatic ring is 1. The fraction of sp³-hybridized carbons (Fsp3) is 0.647. The van der Waals surface area contributed by atoms with E-state index in [1.807, 2.05) is 6.92 Å². The minimum atomic E-state index is -0.263. The van der Waals surface area contributed by atoms with Crippen LogP contribution in [-0.2, 0) is 0 Å². The van der Waals surface area contributed by atoms with Crippen molar-refractivity contribution in [2.24, 2.45) is 5.92 Å². The summed E-state index contributed by atoms with van der Waals surface area (Å²) in [6, 6.07) is 0.117. The third-order valence-electron chi connectivity index (χ3n) is 5.17. The van der Waals surface area contributed by atoms with Gasteiger partial charge in [0.1, 0.15) is 16.5 Å². The lowest BCUT2D eigenvalue weighted by Gasteiger charge is -2.37. The second-order valence-electron chi connectivity index (χ2n) is 6.74. The van der Waals surface area contributed by atoms with Crippen molar-refractivity contribution in [1.29, 1.82) is 0 Å². The van der Waals surface area contributed by atoms with E-state index in [-0.39, 0.29) is 12.1 Å². The van der Waals surface area contributed by atoms with Gasteiger partial charge in [0.05, 0.1) is 17.5 Å². The van der Waals surface area contributed by atoms with E-state index in [1.165, 1.54) is 10.4 Å². The normalized spacial score (nSPS) is 22.4. The topological polar surface area (TPSA) is 75.3 Å². The van der Waals surface area contributed by atoms with Gasteiger partial charge in [0.25, 0.3) is 0 Å². The van der Waals surface area contributed by atoms with Crippen LogP contribution in [0.2, 0.25) is 0 Å². The largest absolute Gasteiger partial charge is 0.393 e. The molecule has 1 aliphatic heterocycles.